The summed E-state index contributed by atoms with van der Waals surface area (Å²) >= 11 is 0. The van der Waals surface area contributed by atoms with Crippen molar-refractivity contribution in [1.29, 1.82) is 0 Å². The molecule has 1 aliphatic heterocycles. The van der Waals surface area contributed by atoms with E-state index in [0.717, 1.165) is 32.5 Å². The maximum absolute atomic E-state index is 12.2. The Morgan fingerprint density at radius 3 is 2.48 bits per heavy atom. The molecule has 1 heterocycles. The Hall–Kier alpha value is -1.47. The molecule has 1 atom stereocenters. The smallest absolute Gasteiger partial charge is 0.237 e. The van der Waals surface area contributed by atoms with Gasteiger partial charge < -0.3 is 15.5 Å². The monoisotopic (exact) mass is 335 g/mol. The Labute approximate surface area is 138 Å². The number of likely N-dealkylation sites (tertiary alicyclic amines) is 1. The summed E-state index contributed by atoms with van der Waals surface area (Å²) in [5, 5.41) is 5.52. The van der Waals surface area contributed by atoms with Crippen LogP contribution in [0.5, 0.6) is 0 Å². The van der Waals surface area contributed by atoms with Gasteiger partial charge in [-0.3, -0.25) is 19.3 Å². The SMILES string of the molecule is C[13C](=O)[13CH2][13CH2][15NH][13C](=O)[13CH2][13CH2][15NH]C(=O)C1CCCN1C[13CH2]N(C)C. The van der Waals surface area contributed by atoms with Crippen molar-refractivity contribution in [3.8, 4) is 0 Å². The standard InChI is InChI=1S/C16H30N4O3/c1-13(21)6-8-17-15(22)7-9-18-16(23)14-5-4-10-20(14)12-11-19(2)3/h14H,4-12H2,1-3H3,(H,17,22)(H,18,23)/i6+1,7+1,8+1,9+1,11+1,13+1,15+1,17+1,18+1. The van der Waals surface area contributed by atoms with E-state index in [1.54, 1.807) is 0 Å². The summed E-state index contributed by atoms with van der Waals surface area (Å²) in [5.41, 5.74) is 0. The lowest BCUT2D eigenvalue weighted by atomic mass is 10.2. The highest BCUT2D eigenvalue weighted by Crippen LogP contribution is 2.16. The first-order chi connectivity index (χ1) is 10.9. The van der Waals surface area contributed by atoms with Gasteiger partial charge in [-0.15, -0.1) is 0 Å². The van der Waals surface area contributed by atoms with Crippen LogP contribution in [0, 0.1) is 0 Å². The van der Waals surface area contributed by atoms with Gasteiger partial charge in [-0.25, -0.2) is 0 Å². The van der Waals surface area contributed by atoms with Gasteiger partial charge in [0.1, 0.15) is 5.78 Å². The number of nitrogens with one attached hydrogen (secondary N) is 2. The zero-order valence-corrected chi connectivity index (χ0v) is 14.6. The van der Waals surface area contributed by atoms with Gasteiger partial charge in [-0.1, -0.05) is 0 Å². The summed E-state index contributed by atoms with van der Waals surface area (Å²) in [4.78, 5) is 38.9. The molecule has 7 heteroatoms. The van der Waals surface area contributed by atoms with Gasteiger partial charge >= 0.3 is 0 Å². The summed E-state index contributed by atoms with van der Waals surface area (Å²) in [5.74, 6) is -0.0714. The summed E-state index contributed by atoms with van der Waals surface area (Å²) in [6.07, 6.45) is 2.51. The molecule has 0 aromatic heterocycles. The Balaban J connectivity index is 2.22. The molecule has 0 spiro atoms. The highest BCUT2D eigenvalue weighted by atomic mass is 16.3. The van der Waals surface area contributed by atoms with Crippen LogP contribution in [0.25, 0.3) is 0 Å². The quantitative estimate of drug-likeness (QED) is 0.420. The number of rotatable bonds is 10. The number of hydrogen-bond acceptors (Lipinski definition) is 5. The molecular formula is C16H30N4O3. The summed E-state index contributed by atoms with van der Waals surface area (Å²) < 4.78 is 0. The molecular weight excluding hydrogens is 305 g/mol. The molecule has 7 nitrogen and oxygen atoms in total. The van der Waals surface area contributed by atoms with Crippen LogP contribution in [0.1, 0.15) is 32.6 Å². The van der Waals surface area contributed by atoms with Gasteiger partial charge in [0.15, 0.2) is 0 Å². The molecule has 2 N–H and O–H groups in total. The van der Waals surface area contributed by atoms with Crippen LogP contribution in [0.4, 0.5) is 0 Å². The van der Waals surface area contributed by atoms with Crippen LogP contribution in [-0.2, 0) is 14.4 Å². The van der Waals surface area contributed by atoms with Crippen molar-refractivity contribution in [1.82, 2.24) is 20.4 Å². The van der Waals surface area contributed by atoms with E-state index in [1.807, 2.05) is 14.1 Å². The van der Waals surface area contributed by atoms with Crippen LogP contribution in [0.15, 0.2) is 0 Å². The Kier molecular flexibility index (Phi) is 8.79. The molecule has 2 amide bonds. The summed E-state index contributed by atoms with van der Waals surface area (Å²) in [6.45, 7) is 4.97. The number of amides is 2. The molecule has 0 aromatic rings. The molecule has 0 aromatic carbocycles. The molecule has 1 saturated heterocycles. The maximum Gasteiger partial charge on any atom is 0.237 e. The van der Waals surface area contributed by atoms with Crippen LogP contribution < -0.4 is 10.6 Å². The summed E-state index contributed by atoms with van der Waals surface area (Å²) in [7, 11) is 4.05. The minimum atomic E-state index is -0.137. The van der Waals surface area contributed by atoms with Gasteiger partial charge in [0.2, 0.25) is 11.8 Å². The first kappa shape index (κ1) is 19.6. The van der Waals surface area contributed by atoms with Gasteiger partial charge in [-0.05, 0) is 40.4 Å². The molecule has 132 valence electrons. The minimum absolute atomic E-state index is 0.0118. The fourth-order valence-electron chi connectivity index (χ4n) is 2.60. The highest BCUT2D eigenvalue weighted by Gasteiger charge is 2.30. The van der Waals surface area contributed by atoms with Crippen molar-refractivity contribution in [3.05, 3.63) is 0 Å². The van der Waals surface area contributed by atoms with E-state index in [-0.39, 0.29) is 30.1 Å². The first-order valence-electron chi connectivity index (χ1n) is 8.32. The molecule has 1 rings (SSSR count). The van der Waals surface area contributed by atoms with Crippen molar-refractivity contribution < 1.29 is 14.4 Å². The Morgan fingerprint density at radius 2 is 1.83 bits per heavy atom. The molecule has 1 aliphatic rings. The molecule has 1 unspecified atom stereocenters. The van der Waals surface area contributed by atoms with E-state index in [2.05, 4.69) is 20.4 Å². The van der Waals surface area contributed by atoms with Gasteiger partial charge in [0.05, 0.1) is 6.04 Å². The minimum Gasteiger partial charge on any atom is -0.356 e. The fraction of sp³-hybridized carbons (Fsp3) is 0.812. The Morgan fingerprint density at radius 1 is 1.13 bits per heavy atom. The van der Waals surface area contributed by atoms with Crippen molar-refractivity contribution in [3.63, 3.8) is 0 Å². The predicted molar refractivity (Wildman–Crippen MR) is 89.1 cm³/mol. The van der Waals surface area contributed by atoms with Crippen molar-refractivity contribution in [2.45, 2.75) is 38.6 Å². The van der Waals surface area contributed by atoms with Crippen molar-refractivity contribution in [2.75, 3.05) is 46.8 Å². The van der Waals surface area contributed by atoms with Gasteiger partial charge in [0.25, 0.3) is 0 Å². The van der Waals surface area contributed by atoms with E-state index in [4.69, 9.17) is 0 Å². The van der Waals surface area contributed by atoms with E-state index < -0.39 is 0 Å². The average Bonchev–Trinajstić information content (AvgIpc) is 2.93. The topological polar surface area (TPSA) is 81.8 Å². The third kappa shape index (κ3) is 8.08. The number of carbonyl (C=O) groups excluding carboxylic acids is 3. The fourth-order valence-corrected chi connectivity index (χ4v) is 2.60. The van der Waals surface area contributed by atoms with Crippen molar-refractivity contribution in [2.24, 2.45) is 0 Å². The number of nitrogens with zero attached hydrogens (tertiary/aromatic N) is 2. The second-order valence-corrected chi connectivity index (χ2v) is 6.34. The summed E-state index contributed by atoms with van der Waals surface area (Å²) in [6, 6.07) is -0.0734. The molecule has 0 bridgehead atoms. The number of ketones is 1. The molecule has 0 saturated carbocycles. The predicted octanol–water partition coefficient (Wildman–Crippen LogP) is -0.386. The van der Waals surface area contributed by atoms with Crippen LogP contribution in [-0.4, -0.2) is 80.3 Å². The van der Waals surface area contributed by atoms with Crippen LogP contribution in [0.2, 0.25) is 0 Å². The zero-order chi connectivity index (χ0) is 17.2. The van der Waals surface area contributed by atoms with Crippen LogP contribution in [0.3, 0.4) is 0 Å². The Bertz CT molecular complexity index is 412. The first-order valence-corrected chi connectivity index (χ1v) is 8.32. The van der Waals surface area contributed by atoms with E-state index >= 15 is 0 Å². The van der Waals surface area contributed by atoms with E-state index in [1.165, 1.54) is 6.92 Å². The number of likely N-dealkylation sites (N-methyl/N-ethyl adjacent to an activating group) is 1. The molecule has 0 aliphatic carbocycles. The lowest BCUT2D eigenvalue weighted by molar-refractivity contribution is -0.125. The normalized spacial score (nSPS) is 18.2. The third-order valence-corrected chi connectivity index (χ3v) is 3.95. The molecule has 23 heavy (non-hydrogen) atoms. The maximum atomic E-state index is 12.2. The van der Waals surface area contributed by atoms with Gasteiger partial charge in [0, 0.05) is 39.0 Å². The number of Topliss-reactive ketones (excluding diaryl/α,β-unsaturated/α-hetero) is 1. The third-order valence-electron chi connectivity index (χ3n) is 3.95. The highest BCUT2D eigenvalue weighted by molar-refractivity contribution is 5.83. The second kappa shape index (κ2) is 10.3. The molecule has 0 radical (unpaired) electrons. The van der Waals surface area contributed by atoms with E-state index in [9.17, 15) is 14.4 Å². The number of carbonyl (C=O) groups is 3. The van der Waals surface area contributed by atoms with Gasteiger partial charge in [-0.2, -0.15) is 0 Å². The lowest BCUT2D eigenvalue weighted by Crippen LogP contribution is -2.46. The molecule has 1 fully saturated rings. The lowest BCUT2D eigenvalue weighted by Gasteiger charge is -2.25. The largest absolute Gasteiger partial charge is 0.356 e. The zero-order valence-electron chi connectivity index (χ0n) is 14.6. The second-order valence-electron chi connectivity index (χ2n) is 6.34. The van der Waals surface area contributed by atoms with E-state index in [0.29, 0.717) is 19.5 Å². The number of hydrogen-bond donors (Lipinski definition) is 2. The van der Waals surface area contributed by atoms with Crippen LogP contribution >= 0.6 is 0 Å². The average molecular weight is 335 g/mol. The van der Waals surface area contributed by atoms with Crippen molar-refractivity contribution >= 4 is 17.6 Å².